The van der Waals surface area contributed by atoms with Crippen LogP contribution in [0.1, 0.15) is 49.0 Å². The molecule has 0 aromatic carbocycles. The van der Waals surface area contributed by atoms with Crippen molar-refractivity contribution >= 4 is 21.8 Å². The molecule has 0 aliphatic carbocycles. The van der Waals surface area contributed by atoms with Crippen LogP contribution < -0.4 is 0 Å². The van der Waals surface area contributed by atoms with Gasteiger partial charge in [-0.1, -0.05) is 0 Å². The van der Waals surface area contributed by atoms with Crippen LogP contribution in [-0.2, 0) is 24.3 Å². The molecule has 182 valence electrons. The van der Waals surface area contributed by atoms with Gasteiger partial charge in [0.15, 0.2) is 5.79 Å². The summed E-state index contributed by atoms with van der Waals surface area (Å²) >= 11 is 0. The van der Waals surface area contributed by atoms with E-state index in [0.29, 0.717) is 77.3 Å². The number of nitrogens with zero attached hydrogens (tertiary/aromatic N) is 3. The number of amides is 2. The quantitative estimate of drug-likeness (QED) is 0.689. The Morgan fingerprint density at radius 3 is 2.36 bits per heavy atom. The van der Waals surface area contributed by atoms with Crippen molar-refractivity contribution in [1.29, 1.82) is 0 Å². The topological polar surface area (TPSA) is 112 Å². The highest BCUT2D eigenvalue weighted by Gasteiger charge is 2.43. The summed E-state index contributed by atoms with van der Waals surface area (Å²) in [5.41, 5.74) is 0.290. The van der Waals surface area contributed by atoms with Crippen LogP contribution >= 0.6 is 0 Å². The highest BCUT2D eigenvalue weighted by Crippen LogP contribution is 2.33. The average Bonchev–Trinajstić information content (AvgIpc) is 3.61. The molecular weight excluding hydrogens is 448 g/mol. The van der Waals surface area contributed by atoms with Gasteiger partial charge in [-0.15, -0.1) is 0 Å². The van der Waals surface area contributed by atoms with Gasteiger partial charge in [-0.3, -0.25) is 9.59 Å². The van der Waals surface area contributed by atoms with Gasteiger partial charge >= 0.3 is 0 Å². The fourth-order valence-corrected chi connectivity index (χ4v) is 6.88. The number of carbonyl (C=O) groups is 2. The Bertz CT molecular complexity index is 986. The molecule has 0 radical (unpaired) electrons. The normalized spacial score (nSPS) is 26.2. The van der Waals surface area contributed by atoms with E-state index in [1.54, 1.807) is 4.90 Å². The highest BCUT2D eigenvalue weighted by atomic mass is 32.2. The summed E-state index contributed by atoms with van der Waals surface area (Å²) in [4.78, 5) is 32.2. The number of nitrogens with one attached hydrogen (secondary N) is 1. The molecule has 4 fully saturated rings. The van der Waals surface area contributed by atoms with Gasteiger partial charge in [-0.25, -0.2) is 8.42 Å². The SMILES string of the molecule is O=C(c1cc(S(=O)(=O)N2CCCC(C(=O)N3CCC4(CC3)OCCO4)C2)c[nH]1)N1CCCC1. The lowest BCUT2D eigenvalue weighted by atomic mass is 9.96. The van der Waals surface area contributed by atoms with Crippen LogP contribution in [0.2, 0.25) is 0 Å². The average molecular weight is 481 g/mol. The molecule has 4 aliphatic heterocycles. The van der Waals surface area contributed by atoms with E-state index in [0.717, 1.165) is 12.8 Å². The molecule has 1 atom stereocenters. The van der Waals surface area contributed by atoms with Gasteiger partial charge in [0.05, 0.1) is 19.1 Å². The van der Waals surface area contributed by atoms with E-state index in [2.05, 4.69) is 4.98 Å². The molecule has 33 heavy (non-hydrogen) atoms. The fourth-order valence-electron chi connectivity index (χ4n) is 5.36. The Labute approximate surface area is 194 Å². The van der Waals surface area contributed by atoms with Crippen molar-refractivity contribution in [3.63, 3.8) is 0 Å². The highest BCUT2D eigenvalue weighted by molar-refractivity contribution is 7.89. The molecule has 11 heteroatoms. The van der Waals surface area contributed by atoms with E-state index in [1.165, 1.54) is 16.6 Å². The number of carbonyl (C=O) groups excluding carboxylic acids is 2. The molecule has 10 nitrogen and oxygen atoms in total. The number of sulfonamides is 1. The zero-order valence-electron chi connectivity index (χ0n) is 18.8. The van der Waals surface area contributed by atoms with Crippen LogP contribution in [0.3, 0.4) is 0 Å². The standard InChI is InChI=1S/C22H32N4O6S/c27-20(25-10-5-22(6-11-25)31-12-13-32-22)17-4-3-9-26(16-17)33(29,30)18-14-19(23-15-18)21(28)24-7-1-2-8-24/h14-15,17,23H,1-13,16H2. The molecule has 4 aliphatic rings. The first-order valence-corrected chi connectivity index (χ1v) is 13.4. The largest absolute Gasteiger partial charge is 0.356 e. The Morgan fingerprint density at radius 2 is 1.67 bits per heavy atom. The maximum atomic E-state index is 13.3. The Kier molecular flexibility index (Phi) is 6.23. The zero-order valence-corrected chi connectivity index (χ0v) is 19.6. The van der Waals surface area contributed by atoms with Gasteiger partial charge in [0, 0.05) is 58.3 Å². The smallest absolute Gasteiger partial charge is 0.270 e. The van der Waals surface area contributed by atoms with E-state index in [1.807, 2.05) is 4.90 Å². The van der Waals surface area contributed by atoms with E-state index in [-0.39, 0.29) is 29.2 Å². The Hall–Kier alpha value is -1.95. The molecule has 4 saturated heterocycles. The predicted octanol–water partition coefficient (Wildman–Crippen LogP) is 1.02. The minimum atomic E-state index is -3.79. The minimum Gasteiger partial charge on any atom is -0.356 e. The van der Waals surface area contributed by atoms with Gasteiger partial charge in [0.1, 0.15) is 10.6 Å². The number of aromatic amines is 1. The zero-order chi connectivity index (χ0) is 23.1. The second kappa shape index (κ2) is 9.01. The van der Waals surface area contributed by atoms with Crippen LogP contribution in [0, 0.1) is 5.92 Å². The lowest BCUT2D eigenvalue weighted by molar-refractivity contribution is -0.188. The Morgan fingerprint density at radius 1 is 0.970 bits per heavy atom. The molecule has 1 aromatic rings. The monoisotopic (exact) mass is 480 g/mol. The summed E-state index contributed by atoms with van der Waals surface area (Å²) in [7, 11) is -3.79. The number of aromatic nitrogens is 1. The van der Waals surface area contributed by atoms with Gasteiger partial charge < -0.3 is 24.3 Å². The lowest BCUT2D eigenvalue weighted by Gasteiger charge is -2.40. The first-order valence-electron chi connectivity index (χ1n) is 11.9. The molecule has 0 bridgehead atoms. The van der Waals surface area contributed by atoms with E-state index in [9.17, 15) is 18.0 Å². The number of H-pyrrole nitrogens is 1. The summed E-state index contributed by atoms with van der Waals surface area (Å²) in [5.74, 6) is -1.07. The first-order chi connectivity index (χ1) is 15.9. The number of likely N-dealkylation sites (tertiary alicyclic amines) is 2. The van der Waals surface area contributed by atoms with Gasteiger partial charge in [-0.2, -0.15) is 4.31 Å². The second-order valence-corrected chi connectivity index (χ2v) is 11.3. The minimum absolute atomic E-state index is 0.00159. The molecule has 1 aromatic heterocycles. The fraction of sp³-hybridized carbons (Fsp3) is 0.727. The maximum absolute atomic E-state index is 13.3. The molecule has 2 amide bonds. The summed E-state index contributed by atoms with van der Waals surface area (Å²) in [5, 5.41) is 0. The van der Waals surface area contributed by atoms with Crippen molar-refractivity contribution in [2.45, 2.75) is 49.2 Å². The lowest BCUT2D eigenvalue weighted by Crippen LogP contribution is -2.51. The van der Waals surface area contributed by atoms with Crippen molar-refractivity contribution < 1.29 is 27.5 Å². The third kappa shape index (κ3) is 4.43. The third-order valence-corrected chi connectivity index (χ3v) is 9.14. The van der Waals surface area contributed by atoms with Crippen molar-refractivity contribution in [3.05, 3.63) is 18.0 Å². The number of ether oxygens (including phenoxy) is 2. The number of rotatable bonds is 4. The van der Waals surface area contributed by atoms with E-state index >= 15 is 0 Å². The molecule has 1 N–H and O–H groups in total. The van der Waals surface area contributed by atoms with Crippen LogP contribution in [0.5, 0.6) is 0 Å². The van der Waals surface area contributed by atoms with Gasteiger partial charge in [0.25, 0.3) is 5.91 Å². The first kappa shape index (κ1) is 22.8. The molecule has 5 rings (SSSR count). The maximum Gasteiger partial charge on any atom is 0.270 e. The summed E-state index contributed by atoms with van der Waals surface area (Å²) in [6, 6.07) is 1.42. The van der Waals surface area contributed by atoms with Crippen LogP contribution in [0.25, 0.3) is 0 Å². The summed E-state index contributed by atoms with van der Waals surface area (Å²) in [6.07, 6.45) is 5.91. The van der Waals surface area contributed by atoms with Crippen LogP contribution in [-0.4, -0.2) is 97.6 Å². The predicted molar refractivity (Wildman–Crippen MR) is 118 cm³/mol. The summed E-state index contributed by atoms with van der Waals surface area (Å²) in [6.45, 7) is 4.23. The van der Waals surface area contributed by atoms with Gasteiger partial charge in [-0.05, 0) is 31.7 Å². The van der Waals surface area contributed by atoms with Crippen molar-refractivity contribution in [3.8, 4) is 0 Å². The molecule has 5 heterocycles. The van der Waals surface area contributed by atoms with E-state index < -0.39 is 15.8 Å². The van der Waals surface area contributed by atoms with E-state index in [4.69, 9.17) is 9.47 Å². The van der Waals surface area contributed by atoms with Crippen molar-refractivity contribution in [1.82, 2.24) is 19.1 Å². The van der Waals surface area contributed by atoms with Gasteiger partial charge in [0.2, 0.25) is 15.9 Å². The Balaban J connectivity index is 1.23. The summed E-state index contributed by atoms with van der Waals surface area (Å²) < 4.78 is 39.4. The van der Waals surface area contributed by atoms with Crippen molar-refractivity contribution in [2.75, 3.05) is 52.5 Å². The second-order valence-electron chi connectivity index (χ2n) is 9.38. The number of hydrogen-bond donors (Lipinski definition) is 1. The molecule has 0 saturated carbocycles. The van der Waals surface area contributed by atoms with Crippen molar-refractivity contribution in [2.24, 2.45) is 5.92 Å². The molecule has 1 unspecified atom stereocenters. The number of hydrogen-bond acceptors (Lipinski definition) is 6. The van der Waals surface area contributed by atoms with Crippen LogP contribution in [0.4, 0.5) is 0 Å². The van der Waals surface area contributed by atoms with Crippen LogP contribution in [0.15, 0.2) is 17.2 Å². The molecular formula is C22H32N4O6S. The third-order valence-electron chi connectivity index (χ3n) is 7.30. The number of piperidine rings is 2. The molecule has 1 spiro atoms.